The molecule has 1 aliphatic heterocycles. The minimum atomic E-state index is -4.48. The Balaban J connectivity index is 1.93. The largest absolute Gasteiger partial charge is 0.406 e. The Bertz CT molecular complexity index is 1100. The van der Waals surface area contributed by atoms with Gasteiger partial charge >= 0.3 is 6.18 Å². The highest BCUT2D eigenvalue weighted by atomic mass is 19.4. The van der Waals surface area contributed by atoms with E-state index in [1.54, 1.807) is 6.07 Å². The van der Waals surface area contributed by atoms with E-state index in [1.807, 2.05) is 26.0 Å². The molecule has 7 nitrogen and oxygen atoms in total. The van der Waals surface area contributed by atoms with Crippen LogP contribution in [0.4, 0.5) is 18.9 Å². The Morgan fingerprint density at radius 1 is 1.11 bits per heavy atom. The highest BCUT2D eigenvalue weighted by molar-refractivity contribution is 5.94. The summed E-state index contributed by atoms with van der Waals surface area (Å²) in [7, 11) is 0. The highest BCUT2D eigenvalue weighted by Crippen LogP contribution is 2.35. The molecular formula is C26H36F3N5O2. The minimum absolute atomic E-state index is 0.0441. The number of hydrogen-bond donors (Lipinski definition) is 1. The molecule has 1 aliphatic rings. The molecule has 0 aliphatic carbocycles. The average Bonchev–Trinajstić information content (AvgIpc) is 3.33. The van der Waals surface area contributed by atoms with Crippen molar-refractivity contribution in [2.45, 2.75) is 79.4 Å². The number of carbonyl (C=O) groups excluding carboxylic acids is 2. The van der Waals surface area contributed by atoms with E-state index in [1.165, 1.54) is 11.8 Å². The highest BCUT2D eigenvalue weighted by Gasteiger charge is 2.44. The zero-order valence-electron chi connectivity index (χ0n) is 21.9. The van der Waals surface area contributed by atoms with Gasteiger partial charge in [-0.2, -0.15) is 13.2 Å². The molecule has 1 aromatic heterocycles. The molecule has 36 heavy (non-hydrogen) atoms. The summed E-state index contributed by atoms with van der Waals surface area (Å²) in [6, 6.07) is 5.61. The van der Waals surface area contributed by atoms with E-state index in [-0.39, 0.29) is 42.0 Å². The quantitative estimate of drug-likeness (QED) is 0.570. The van der Waals surface area contributed by atoms with Crippen LogP contribution in [0.2, 0.25) is 0 Å². The van der Waals surface area contributed by atoms with Crippen LogP contribution in [0.1, 0.15) is 69.2 Å². The van der Waals surface area contributed by atoms with Crippen molar-refractivity contribution in [1.29, 1.82) is 0 Å². The molecule has 1 N–H and O–H groups in total. The first-order valence-corrected chi connectivity index (χ1v) is 12.3. The van der Waals surface area contributed by atoms with Crippen LogP contribution < -0.4 is 5.32 Å². The van der Waals surface area contributed by atoms with Crippen LogP contribution in [0.5, 0.6) is 0 Å². The van der Waals surface area contributed by atoms with Crippen molar-refractivity contribution in [2.24, 2.45) is 11.3 Å². The van der Waals surface area contributed by atoms with Gasteiger partial charge in [0.1, 0.15) is 18.2 Å². The number of aromatic nitrogens is 3. The first-order valence-electron chi connectivity index (χ1n) is 12.3. The molecule has 0 spiro atoms. The minimum Gasteiger partial charge on any atom is -0.341 e. The van der Waals surface area contributed by atoms with Crippen LogP contribution in [0, 0.1) is 25.2 Å². The summed E-state index contributed by atoms with van der Waals surface area (Å²) in [5.74, 6) is -1.70. The number of nitrogens with zero attached hydrogens (tertiary/aromatic N) is 4. The fourth-order valence-corrected chi connectivity index (χ4v) is 4.70. The van der Waals surface area contributed by atoms with Gasteiger partial charge in [0, 0.05) is 32.1 Å². The van der Waals surface area contributed by atoms with Gasteiger partial charge in [-0.25, -0.2) is 0 Å². The summed E-state index contributed by atoms with van der Waals surface area (Å²) in [5.41, 5.74) is 2.60. The van der Waals surface area contributed by atoms with Gasteiger partial charge < -0.3 is 14.8 Å². The van der Waals surface area contributed by atoms with Gasteiger partial charge in [-0.3, -0.25) is 9.59 Å². The zero-order valence-corrected chi connectivity index (χ0v) is 21.9. The van der Waals surface area contributed by atoms with Crippen LogP contribution >= 0.6 is 0 Å². The van der Waals surface area contributed by atoms with Crippen molar-refractivity contribution in [3.63, 3.8) is 0 Å². The summed E-state index contributed by atoms with van der Waals surface area (Å²) >= 11 is 0. The number of likely N-dealkylation sites (tertiary alicyclic amines) is 1. The first-order chi connectivity index (χ1) is 16.6. The van der Waals surface area contributed by atoms with Gasteiger partial charge in [-0.15, -0.1) is 10.2 Å². The van der Waals surface area contributed by atoms with E-state index >= 15 is 0 Å². The molecule has 0 radical (unpaired) electrons. The van der Waals surface area contributed by atoms with Crippen molar-refractivity contribution in [3.05, 3.63) is 41.0 Å². The fraction of sp³-hybridized carbons (Fsp3) is 0.615. The molecular weight excluding hydrogens is 471 g/mol. The summed E-state index contributed by atoms with van der Waals surface area (Å²) in [4.78, 5) is 27.0. The van der Waals surface area contributed by atoms with Crippen LogP contribution in [0.3, 0.4) is 0 Å². The number of amides is 2. The molecule has 2 atom stereocenters. The molecule has 2 heterocycles. The van der Waals surface area contributed by atoms with E-state index in [4.69, 9.17) is 0 Å². The third kappa shape index (κ3) is 7.07. The molecule has 1 fully saturated rings. The predicted octanol–water partition coefficient (Wildman–Crippen LogP) is 5.03. The lowest BCUT2D eigenvalue weighted by Gasteiger charge is -2.21. The van der Waals surface area contributed by atoms with Gasteiger partial charge in [0.05, 0.1) is 11.8 Å². The topological polar surface area (TPSA) is 80.1 Å². The smallest absolute Gasteiger partial charge is 0.341 e. The van der Waals surface area contributed by atoms with E-state index in [9.17, 15) is 22.8 Å². The van der Waals surface area contributed by atoms with Gasteiger partial charge in [-0.05, 0) is 43.7 Å². The van der Waals surface area contributed by atoms with Gasteiger partial charge in [-0.1, -0.05) is 38.5 Å². The van der Waals surface area contributed by atoms with Crippen LogP contribution in [-0.4, -0.2) is 50.7 Å². The van der Waals surface area contributed by atoms with Gasteiger partial charge in [0.15, 0.2) is 0 Å². The van der Waals surface area contributed by atoms with Crippen molar-refractivity contribution >= 4 is 17.5 Å². The number of anilines is 1. The van der Waals surface area contributed by atoms with E-state index in [0.717, 1.165) is 22.1 Å². The van der Waals surface area contributed by atoms with Crippen molar-refractivity contribution < 1.29 is 22.8 Å². The second-order valence-electron chi connectivity index (χ2n) is 11.0. The Morgan fingerprint density at radius 2 is 1.81 bits per heavy atom. The van der Waals surface area contributed by atoms with E-state index in [0.29, 0.717) is 18.5 Å². The second kappa shape index (κ2) is 10.6. The lowest BCUT2D eigenvalue weighted by Crippen LogP contribution is -2.31. The lowest BCUT2D eigenvalue weighted by molar-refractivity contribution is -0.141. The van der Waals surface area contributed by atoms with Gasteiger partial charge in [0.2, 0.25) is 11.8 Å². The SMILES string of the molecule is CC(=O)N1C[C@@H](C(=O)Nc2ccc(C)cc2C)[C@H](c2nnc(CCCC(C)(C)C)n2CC(F)(F)F)C1. The number of halogens is 3. The summed E-state index contributed by atoms with van der Waals surface area (Å²) < 4.78 is 41.9. The monoisotopic (exact) mass is 507 g/mol. The number of aryl methyl sites for hydroxylation is 3. The third-order valence-corrected chi connectivity index (χ3v) is 6.59. The number of rotatable bonds is 7. The maximum absolute atomic E-state index is 13.6. The summed E-state index contributed by atoms with van der Waals surface area (Å²) in [6.45, 7) is 10.4. The predicted molar refractivity (Wildman–Crippen MR) is 132 cm³/mol. The molecule has 1 saturated heterocycles. The Hall–Kier alpha value is -2.91. The van der Waals surface area contributed by atoms with Gasteiger partial charge in [0.25, 0.3) is 0 Å². The Kier molecular flexibility index (Phi) is 8.15. The molecule has 2 amide bonds. The van der Waals surface area contributed by atoms with Crippen molar-refractivity contribution in [3.8, 4) is 0 Å². The van der Waals surface area contributed by atoms with Crippen LogP contribution in [0.15, 0.2) is 18.2 Å². The maximum atomic E-state index is 13.6. The van der Waals surface area contributed by atoms with Crippen molar-refractivity contribution in [1.82, 2.24) is 19.7 Å². The van der Waals surface area contributed by atoms with E-state index < -0.39 is 24.6 Å². The lowest BCUT2D eigenvalue weighted by atomic mass is 9.90. The number of hydrogen-bond acceptors (Lipinski definition) is 4. The standard InChI is InChI=1S/C26H36F3N5O2/c1-16-9-10-21(17(2)12-16)30-24(36)20-14-33(18(3)35)13-19(20)23-32-31-22(8-7-11-25(4,5)6)34(23)15-26(27,28)29/h9-10,12,19-20H,7-8,11,13-15H2,1-6H3,(H,30,36)/t19-,20-/m1/s1. The zero-order chi connectivity index (χ0) is 26.8. The molecule has 2 aromatic rings. The maximum Gasteiger partial charge on any atom is 0.406 e. The molecule has 3 rings (SSSR count). The third-order valence-electron chi connectivity index (χ3n) is 6.59. The molecule has 0 bridgehead atoms. The van der Waals surface area contributed by atoms with E-state index in [2.05, 4.69) is 36.3 Å². The number of alkyl halides is 3. The normalized spacial score (nSPS) is 18.5. The van der Waals surface area contributed by atoms with Crippen molar-refractivity contribution in [2.75, 3.05) is 18.4 Å². The molecule has 1 aromatic carbocycles. The fourth-order valence-electron chi connectivity index (χ4n) is 4.70. The molecule has 0 saturated carbocycles. The first kappa shape index (κ1) is 27.7. The van der Waals surface area contributed by atoms with Crippen LogP contribution in [-0.2, 0) is 22.6 Å². The molecule has 0 unspecified atom stereocenters. The molecule has 198 valence electrons. The summed E-state index contributed by atoms with van der Waals surface area (Å²) in [5, 5.41) is 11.2. The Labute approximate surface area is 210 Å². The average molecular weight is 508 g/mol. The number of carbonyl (C=O) groups is 2. The Morgan fingerprint density at radius 3 is 2.39 bits per heavy atom. The number of benzene rings is 1. The molecule has 10 heteroatoms. The summed E-state index contributed by atoms with van der Waals surface area (Å²) in [6.07, 6.45) is -2.64. The number of nitrogens with one attached hydrogen (secondary N) is 1. The van der Waals surface area contributed by atoms with Crippen LogP contribution in [0.25, 0.3) is 0 Å². The second-order valence-corrected chi connectivity index (χ2v) is 11.0.